The molecule has 3 rings (SSSR count). The summed E-state index contributed by atoms with van der Waals surface area (Å²) in [5, 5.41) is 4.00. The first kappa shape index (κ1) is 18.0. The van der Waals surface area contributed by atoms with Gasteiger partial charge in [0.2, 0.25) is 0 Å². The van der Waals surface area contributed by atoms with Gasteiger partial charge in [0.25, 0.3) is 5.91 Å². The summed E-state index contributed by atoms with van der Waals surface area (Å²) in [5.74, 6) is 0.607. The number of carbonyl (C=O) groups excluding carboxylic acids is 1. The number of aromatic nitrogens is 1. The van der Waals surface area contributed by atoms with Crippen molar-refractivity contribution in [2.75, 3.05) is 23.8 Å². The van der Waals surface area contributed by atoms with Crippen LogP contribution in [-0.4, -0.2) is 24.5 Å². The second-order valence-electron chi connectivity index (χ2n) is 5.94. The van der Waals surface area contributed by atoms with Gasteiger partial charge in [0.05, 0.1) is 0 Å². The van der Waals surface area contributed by atoms with Gasteiger partial charge in [0, 0.05) is 36.1 Å². The molecule has 0 atom stereocenters. The second kappa shape index (κ2) is 8.50. The Morgan fingerprint density at radius 3 is 2.65 bits per heavy atom. The summed E-state index contributed by atoms with van der Waals surface area (Å²) >= 11 is 6.00. The summed E-state index contributed by atoms with van der Waals surface area (Å²) in [6.45, 7) is 0.708. The molecule has 0 aliphatic rings. The summed E-state index contributed by atoms with van der Waals surface area (Å²) < 4.78 is 0. The topological polar surface area (TPSA) is 45.2 Å². The molecule has 1 heterocycles. The first-order chi connectivity index (χ1) is 12.6. The zero-order valence-corrected chi connectivity index (χ0v) is 15.3. The maximum absolute atomic E-state index is 12.7. The predicted molar refractivity (Wildman–Crippen MR) is 107 cm³/mol. The lowest BCUT2D eigenvalue weighted by atomic mass is 10.1. The number of hydrogen-bond acceptors (Lipinski definition) is 3. The molecule has 2 aromatic carbocycles. The zero-order valence-electron chi connectivity index (χ0n) is 14.5. The summed E-state index contributed by atoms with van der Waals surface area (Å²) in [6, 6.07) is 20.9. The molecule has 0 fully saturated rings. The highest BCUT2D eigenvalue weighted by molar-refractivity contribution is 6.30. The predicted octanol–water partition coefficient (Wildman–Crippen LogP) is 4.67. The highest BCUT2D eigenvalue weighted by Gasteiger charge is 2.13. The van der Waals surface area contributed by atoms with Crippen molar-refractivity contribution in [2.24, 2.45) is 0 Å². The standard InChI is InChI=1S/C21H20ClN3O/c1-25(19-8-3-2-4-9-19)21(26)17-11-13-24-20(15-17)23-12-10-16-6-5-7-18(22)14-16/h2-9,11,13-15H,10,12H2,1H3,(H,23,24). The van der Waals surface area contributed by atoms with Gasteiger partial charge >= 0.3 is 0 Å². The van der Waals surface area contributed by atoms with E-state index in [4.69, 9.17) is 11.6 Å². The molecule has 132 valence electrons. The maximum Gasteiger partial charge on any atom is 0.258 e. The van der Waals surface area contributed by atoms with Crippen molar-refractivity contribution >= 4 is 29.0 Å². The molecule has 0 radical (unpaired) electrons. The quantitative estimate of drug-likeness (QED) is 0.690. The third kappa shape index (κ3) is 4.61. The Balaban J connectivity index is 1.63. The number of amides is 1. The van der Waals surface area contributed by atoms with Crippen molar-refractivity contribution in [1.29, 1.82) is 0 Å². The molecule has 1 N–H and O–H groups in total. The molecule has 0 bridgehead atoms. The fourth-order valence-electron chi connectivity index (χ4n) is 2.65. The van der Waals surface area contributed by atoms with E-state index in [1.807, 2.05) is 54.6 Å². The van der Waals surface area contributed by atoms with E-state index in [0.29, 0.717) is 17.9 Å². The number of nitrogens with one attached hydrogen (secondary N) is 1. The van der Waals surface area contributed by atoms with Crippen LogP contribution < -0.4 is 10.2 Å². The minimum Gasteiger partial charge on any atom is -0.370 e. The van der Waals surface area contributed by atoms with Crippen LogP contribution in [0.2, 0.25) is 5.02 Å². The molecule has 0 saturated heterocycles. The number of para-hydroxylation sites is 1. The Hall–Kier alpha value is -2.85. The number of rotatable bonds is 6. The van der Waals surface area contributed by atoms with E-state index < -0.39 is 0 Å². The molecule has 1 amide bonds. The molecule has 0 spiro atoms. The van der Waals surface area contributed by atoms with Crippen molar-refractivity contribution in [1.82, 2.24) is 4.98 Å². The zero-order chi connectivity index (χ0) is 18.4. The fourth-order valence-corrected chi connectivity index (χ4v) is 2.86. The second-order valence-corrected chi connectivity index (χ2v) is 6.37. The van der Waals surface area contributed by atoms with Gasteiger partial charge in [-0.3, -0.25) is 4.79 Å². The third-order valence-corrected chi connectivity index (χ3v) is 4.30. The lowest BCUT2D eigenvalue weighted by Gasteiger charge is -2.17. The number of nitrogens with zero attached hydrogens (tertiary/aromatic N) is 2. The number of anilines is 2. The van der Waals surface area contributed by atoms with E-state index in [1.54, 1.807) is 30.3 Å². The Labute approximate surface area is 158 Å². The van der Waals surface area contributed by atoms with Crippen LogP contribution in [0.5, 0.6) is 0 Å². The van der Waals surface area contributed by atoms with Crippen LogP contribution in [-0.2, 0) is 6.42 Å². The highest BCUT2D eigenvalue weighted by Crippen LogP contribution is 2.16. The molecule has 0 aliphatic carbocycles. The van der Waals surface area contributed by atoms with E-state index in [1.165, 1.54) is 0 Å². The number of halogens is 1. The van der Waals surface area contributed by atoms with Crippen LogP contribution in [0.15, 0.2) is 72.9 Å². The molecular weight excluding hydrogens is 346 g/mol. The van der Waals surface area contributed by atoms with E-state index in [9.17, 15) is 4.79 Å². The van der Waals surface area contributed by atoms with Crippen LogP contribution in [0.1, 0.15) is 15.9 Å². The van der Waals surface area contributed by atoms with Crippen LogP contribution in [0, 0.1) is 0 Å². The molecule has 0 saturated carbocycles. The number of hydrogen-bond donors (Lipinski definition) is 1. The average Bonchev–Trinajstić information content (AvgIpc) is 2.68. The van der Waals surface area contributed by atoms with Gasteiger partial charge < -0.3 is 10.2 Å². The lowest BCUT2D eigenvalue weighted by Crippen LogP contribution is -2.26. The Morgan fingerprint density at radius 1 is 1.08 bits per heavy atom. The third-order valence-electron chi connectivity index (χ3n) is 4.06. The van der Waals surface area contributed by atoms with Gasteiger partial charge in [0.15, 0.2) is 0 Å². The molecule has 3 aromatic rings. The van der Waals surface area contributed by atoms with Gasteiger partial charge in [0.1, 0.15) is 5.82 Å². The number of benzene rings is 2. The molecule has 26 heavy (non-hydrogen) atoms. The first-order valence-corrected chi connectivity index (χ1v) is 8.79. The summed E-state index contributed by atoms with van der Waals surface area (Å²) in [5.41, 5.74) is 2.60. The smallest absolute Gasteiger partial charge is 0.258 e. The normalized spacial score (nSPS) is 10.4. The van der Waals surface area contributed by atoms with Crippen LogP contribution in [0.3, 0.4) is 0 Å². The van der Waals surface area contributed by atoms with Gasteiger partial charge in [-0.15, -0.1) is 0 Å². The highest BCUT2D eigenvalue weighted by atomic mass is 35.5. The number of pyridine rings is 1. The summed E-state index contributed by atoms with van der Waals surface area (Å²) in [6.07, 6.45) is 2.47. The van der Waals surface area contributed by atoms with Gasteiger partial charge in [-0.1, -0.05) is 41.9 Å². The monoisotopic (exact) mass is 365 g/mol. The molecule has 4 nitrogen and oxygen atoms in total. The van der Waals surface area contributed by atoms with Crippen LogP contribution in [0.25, 0.3) is 0 Å². The van der Waals surface area contributed by atoms with Crippen LogP contribution in [0.4, 0.5) is 11.5 Å². The Bertz CT molecular complexity index is 883. The van der Waals surface area contributed by atoms with Crippen molar-refractivity contribution < 1.29 is 4.79 Å². The van der Waals surface area contributed by atoms with E-state index in [2.05, 4.69) is 10.3 Å². The minimum atomic E-state index is -0.0727. The van der Waals surface area contributed by atoms with Crippen molar-refractivity contribution in [3.8, 4) is 0 Å². The van der Waals surface area contributed by atoms with Crippen molar-refractivity contribution in [3.05, 3.63) is 89.1 Å². The minimum absolute atomic E-state index is 0.0727. The maximum atomic E-state index is 12.7. The van der Waals surface area contributed by atoms with Gasteiger partial charge in [-0.25, -0.2) is 4.98 Å². The van der Waals surface area contributed by atoms with E-state index in [0.717, 1.165) is 22.7 Å². The molecule has 5 heteroatoms. The molecule has 0 aliphatic heterocycles. The van der Waals surface area contributed by atoms with E-state index >= 15 is 0 Å². The fraction of sp³-hybridized carbons (Fsp3) is 0.143. The van der Waals surface area contributed by atoms with Crippen molar-refractivity contribution in [3.63, 3.8) is 0 Å². The first-order valence-electron chi connectivity index (χ1n) is 8.41. The molecular formula is C21H20ClN3O. The lowest BCUT2D eigenvalue weighted by molar-refractivity contribution is 0.0993. The number of carbonyl (C=O) groups is 1. The van der Waals surface area contributed by atoms with Crippen molar-refractivity contribution in [2.45, 2.75) is 6.42 Å². The molecule has 1 aromatic heterocycles. The van der Waals surface area contributed by atoms with Gasteiger partial charge in [-0.2, -0.15) is 0 Å². The SMILES string of the molecule is CN(C(=O)c1ccnc(NCCc2cccc(Cl)c2)c1)c1ccccc1. The molecule has 0 unspecified atom stereocenters. The van der Waals surface area contributed by atoms with E-state index in [-0.39, 0.29) is 5.91 Å². The Kier molecular flexibility index (Phi) is 5.87. The summed E-state index contributed by atoms with van der Waals surface area (Å²) in [4.78, 5) is 18.6. The average molecular weight is 366 g/mol. The Morgan fingerprint density at radius 2 is 1.88 bits per heavy atom. The largest absolute Gasteiger partial charge is 0.370 e. The summed E-state index contributed by atoms with van der Waals surface area (Å²) in [7, 11) is 1.77. The van der Waals surface area contributed by atoms with Crippen LogP contribution >= 0.6 is 11.6 Å². The van der Waals surface area contributed by atoms with Gasteiger partial charge in [-0.05, 0) is 48.4 Å².